The van der Waals surface area contributed by atoms with Gasteiger partial charge in [-0.1, -0.05) is 6.92 Å². The Morgan fingerprint density at radius 3 is 2.77 bits per heavy atom. The molecule has 0 saturated carbocycles. The predicted molar refractivity (Wildman–Crippen MR) is 101 cm³/mol. The van der Waals surface area contributed by atoms with Crippen molar-refractivity contribution < 1.29 is 9.84 Å². The Labute approximate surface area is 155 Å². The fourth-order valence-corrected chi connectivity index (χ4v) is 4.65. The van der Waals surface area contributed by atoms with E-state index in [1.54, 1.807) is 0 Å². The molecule has 0 aliphatic carbocycles. The molecule has 2 fully saturated rings. The highest BCUT2D eigenvalue weighted by Gasteiger charge is 2.38. The van der Waals surface area contributed by atoms with Crippen LogP contribution in [-0.2, 0) is 17.2 Å². The van der Waals surface area contributed by atoms with Crippen LogP contribution in [0.5, 0.6) is 0 Å². The molecule has 2 aromatic heterocycles. The lowest BCUT2D eigenvalue weighted by Gasteiger charge is -2.44. The normalized spacial score (nSPS) is 27.1. The van der Waals surface area contributed by atoms with Gasteiger partial charge in [0.1, 0.15) is 0 Å². The fourth-order valence-electron chi connectivity index (χ4n) is 4.65. The minimum Gasteiger partial charge on any atom is -0.388 e. The van der Waals surface area contributed by atoms with Crippen LogP contribution in [0.1, 0.15) is 44.0 Å². The van der Waals surface area contributed by atoms with Gasteiger partial charge in [-0.25, -0.2) is 4.98 Å². The SMILES string of the molecule is Cc1nn(C)c2nc([C@@]3(C)CCCN(CC4(O)CCOCC4)C3)ccc12. The summed E-state index contributed by atoms with van der Waals surface area (Å²) in [6, 6.07) is 4.33. The maximum Gasteiger partial charge on any atom is 0.158 e. The van der Waals surface area contributed by atoms with Gasteiger partial charge in [0.25, 0.3) is 0 Å². The molecule has 1 atom stereocenters. The predicted octanol–water partition coefficient (Wildman–Crippen LogP) is 2.17. The third-order valence-electron chi connectivity index (χ3n) is 6.21. The Hall–Kier alpha value is -1.50. The van der Waals surface area contributed by atoms with Crippen molar-refractivity contribution in [1.82, 2.24) is 19.7 Å². The van der Waals surface area contributed by atoms with Gasteiger partial charge >= 0.3 is 0 Å². The highest BCUT2D eigenvalue weighted by atomic mass is 16.5. The average molecular weight is 358 g/mol. The number of hydrogen-bond donors (Lipinski definition) is 1. The Morgan fingerprint density at radius 2 is 2.00 bits per heavy atom. The summed E-state index contributed by atoms with van der Waals surface area (Å²) in [5, 5.41) is 16.5. The Kier molecular flexibility index (Phi) is 4.53. The van der Waals surface area contributed by atoms with E-state index in [-0.39, 0.29) is 5.41 Å². The summed E-state index contributed by atoms with van der Waals surface area (Å²) >= 11 is 0. The number of ether oxygens (including phenoxy) is 1. The number of rotatable bonds is 3. The van der Waals surface area contributed by atoms with E-state index in [0.29, 0.717) is 13.2 Å². The second-order valence-corrected chi connectivity index (χ2v) is 8.49. The zero-order chi connectivity index (χ0) is 18.4. The van der Waals surface area contributed by atoms with E-state index >= 15 is 0 Å². The molecular formula is C20H30N4O2. The van der Waals surface area contributed by atoms with E-state index < -0.39 is 5.60 Å². The second-order valence-electron chi connectivity index (χ2n) is 8.49. The lowest BCUT2D eigenvalue weighted by Crippen LogP contribution is -2.52. The van der Waals surface area contributed by atoms with Crippen molar-refractivity contribution in [3.05, 3.63) is 23.5 Å². The van der Waals surface area contributed by atoms with Gasteiger partial charge in [0.2, 0.25) is 0 Å². The summed E-state index contributed by atoms with van der Waals surface area (Å²) in [7, 11) is 1.96. The van der Waals surface area contributed by atoms with Gasteiger partial charge in [-0.2, -0.15) is 5.10 Å². The number of hydrogen-bond acceptors (Lipinski definition) is 5. The number of aryl methyl sites for hydroxylation is 2. The van der Waals surface area contributed by atoms with Crippen molar-refractivity contribution in [2.75, 3.05) is 32.8 Å². The highest BCUT2D eigenvalue weighted by molar-refractivity contribution is 5.78. The highest BCUT2D eigenvalue weighted by Crippen LogP contribution is 2.35. The van der Waals surface area contributed by atoms with Crippen LogP contribution in [0.4, 0.5) is 0 Å². The van der Waals surface area contributed by atoms with Crippen LogP contribution in [0, 0.1) is 6.92 Å². The lowest BCUT2D eigenvalue weighted by atomic mass is 9.78. The molecule has 0 aromatic carbocycles. The van der Waals surface area contributed by atoms with Gasteiger partial charge in [-0.15, -0.1) is 0 Å². The summed E-state index contributed by atoms with van der Waals surface area (Å²) in [6.45, 7) is 8.39. The van der Waals surface area contributed by atoms with Gasteiger partial charge in [0, 0.05) is 57.0 Å². The van der Waals surface area contributed by atoms with Crippen molar-refractivity contribution in [1.29, 1.82) is 0 Å². The maximum atomic E-state index is 10.9. The van der Waals surface area contributed by atoms with E-state index in [4.69, 9.17) is 9.72 Å². The van der Waals surface area contributed by atoms with E-state index in [1.807, 2.05) is 18.7 Å². The van der Waals surface area contributed by atoms with Gasteiger partial charge in [0.15, 0.2) is 5.65 Å². The van der Waals surface area contributed by atoms with Gasteiger partial charge < -0.3 is 9.84 Å². The molecule has 1 N–H and O–H groups in total. The summed E-state index contributed by atoms with van der Waals surface area (Å²) in [4.78, 5) is 7.41. The first-order valence-corrected chi connectivity index (χ1v) is 9.72. The van der Waals surface area contributed by atoms with Crippen LogP contribution in [0.25, 0.3) is 11.0 Å². The first kappa shape index (κ1) is 17.9. The molecule has 4 heterocycles. The van der Waals surface area contributed by atoms with E-state index in [2.05, 4.69) is 29.1 Å². The van der Waals surface area contributed by atoms with Gasteiger partial charge in [0.05, 0.1) is 17.0 Å². The number of pyridine rings is 1. The number of β-amino-alcohol motifs (C(OH)–C–C–N with tert-alkyl or cyclic N) is 1. The fraction of sp³-hybridized carbons (Fsp3) is 0.700. The number of fused-ring (bicyclic) bond motifs is 1. The molecule has 2 saturated heterocycles. The maximum absolute atomic E-state index is 10.9. The Balaban J connectivity index is 1.56. The zero-order valence-corrected chi connectivity index (χ0v) is 16.2. The van der Waals surface area contributed by atoms with Crippen LogP contribution >= 0.6 is 0 Å². The molecule has 0 spiro atoms. The number of nitrogens with zero attached hydrogens (tertiary/aromatic N) is 4. The van der Waals surface area contributed by atoms with Crippen LogP contribution in [0.15, 0.2) is 12.1 Å². The van der Waals surface area contributed by atoms with Crippen LogP contribution < -0.4 is 0 Å². The summed E-state index contributed by atoms with van der Waals surface area (Å²) in [6.07, 6.45) is 3.73. The first-order valence-electron chi connectivity index (χ1n) is 9.72. The molecular weight excluding hydrogens is 328 g/mol. The molecule has 142 valence electrons. The van der Waals surface area contributed by atoms with Crippen molar-refractivity contribution in [3.63, 3.8) is 0 Å². The Bertz CT molecular complexity index is 796. The van der Waals surface area contributed by atoms with Crippen molar-refractivity contribution in [2.24, 2.45) is 7.05 Å². The summed E-state index contributed by atoms with van der Waals surface area (Å²) < 4.78 is 7.30. The first-order chi connectivity index (χ1) is 12.4. The van der Waals surface area contributed by atoms with E-state index in [1.165, 1.54) is 0 Å². The van der Waals surface area contributed by atoms with E-state index in [9.17, 15) is 5.11 Å². The van der Waals surface area contributed by atoms with Gasteiger partial charge in [-0.3, -0.25) is 9.58 Å². The molecule has 2 aliphatic rings. The number of piperidine rings is 1. The average Bonchev–Trinajstić information content (AvgIpc) is 2.89. The molecule has 6 heteroatoms. The van der Waals surface area contributed by atoms with E-state index in [0.717, 1.165) is 67.7 Å². The quantitative estimate of drug-likeness (QED) is 0.911. The third kappa shape index (κ3) is 3.26. The Morgan fingerprint density at radius 1 is 1.23 bits per heavy atom. The van der Waals surface area contributed by atoms with Crippen molar-refractivity contribution in [2.45, 2.75) is 50.5 Å². The zero-order valence-electron chi connectivity index (χ0n) is 16.2. The number of likely N-dealkylation sites (tertiary alicyclic amines) is 1. The largest absolute Gasteiger partial charge is 0.388 e. The molecule has 4 rings (SSSR count). The summed E-state index contributed by atoms with van der Waals surface area (Å²) in [5.41, 5.74) is 2.52. The van der Waals surface area contributed by atoms with Crippen LogP contribution in [-0.4, -0.2) is 63.2 Å². The monoisotopic (exact) mass is 358 g/mol. The van der Waals surface area contributed by atoms with Crippen LogP contribution in [0.3, 0.4) is 0 Å². The molecule has 26 heavy (non-hydrogen) atoms. The van der Waals surface area contributed by atoms with Gasteiger partial charge in [-0.05, 0) is 38.4 Å². The molecule has 0 unspecified atom stereocenters. The molecule has 6 nitrogen and oxygen atoms in total. The van der Waals surface area contributed by atoms with Crippen molar-refractivity contribution in [3.8, 4) is 0 Å². The van der Waals surface area contributed by atoms with Crippen molar-refractivity contribution >= 4 is 11.0 Å². The molecule has 2 aliphatic heterocycles. The smallest absolute Gasteiger partial charge is 0.158 e. The molecule has 0 amide bonds. The van der Waals surface area contributed by atoms with Crippen LogP contribution in [0.2, 0.25) is 0 Å². The summed E-state index contributed by atoms with van der Waals surface area (Å²) in [5.74, 6) is 0. The molecule has 0 bridgehead atoms. The third-order valence-corrected chi connectivity index (χ3v) is 6.21. The topological polar surface area (TPSA) is 63.4 Å². The number of aliphatic hydroxyl groups is 1. The lowest BCUT2D eigenvalue weighted by molar-refractivity contribution is -0.0847. The minimum absolute atomic E-state index is 0.00609. The molecule has 2 aromatic rings. The molecule has 0 radical (unpaired) electrons. The second kappa shape index (κ2) is 6.59. The minimum atomic E-state index is -0.604. The number of aromatic nitrogens is 3. The standard InChI is InChI=1S/C20H30N4O2/c1-15-16-5-6-17(21-18(16)23(3)22-15)19(2)7-4-10-24(13-19)14-20(25)8-11-26-12-9-20/h5-6,25H,4,7-14H2,1-3H3/t19-/m0/s1.